The molecule has 0 saturated heterocycles. The number of aromatic nitrogens is 1. The van der Waals surface area contributed by atoms with Gasteiger partial charge in [0.1, 0.15) is 5.82 Å². The van der Waals surface area contributed by atoms with E-state index in [1.54, 1.807) is 0 Å². The summed E-state index contributed by atoms with van der Waals surface area (Å²) >= 11 is 0. The minimum atomic E-state index is -1.05. The molecule has 20 heavy (non-hydrogen) atoms. The van der Waals surface area contributed by atoms with E-state index in [1.807, 2.05) is 31.2 Å². The second-order valence-corrected chi connectivity index (χ2v) is 4.45. The molecule has 0 radical (unpaired) electrons. The van der Waals surface area contributed by atoms with Gasteiger partial charge in [-0.05, 0) is 24.6 Å². The van der Waals surface area contributed by atoms with E-state index in [-0.39, 0.29) is 17.9 Å². The van der Waals surface area contributed by atoms with Crippen LogP contribution in [0.2, 0.25) is 0 Å². The summed E-state index contributed by atoms with van der Waals surface area (Å²) in [5.41, 5.74) is 2.14. The van der Waals surface area contributed by atoms with Crippen molar-refractivity contribution < 1.29 is 14.7 Å². The molecule has 2 N–H and O–H groups in total. The molecule has 102 valence electrons. The number of anilines is 1. The van der Waals surface area contributed by atoms with E-state index in [0.717, 1.165) is 11.1 Å². The van der Waals surface area contributed by atoms with Gasteiger partial charge in [-0.3, -0.25) is 4.79 Å². The second kappa shape index (κ2) is 5.97. The monoisotopic (exact) mass is 270 g/mol. The zero-order valence-electron chi connectivity index (χ0n) is 11.0. The fourth-order valence-electron chi connectivity index (χ4n) is 1.67. The number of aromatic carboxylic acids is 1. The number of carbonyl (C=O) groups excluding carboxylic acids is 1. The van der Waals surface area contributed by atoms with Crippen LogP contribution in [0.15, 0.2) is 42.6 Å². The number of hydrogen-bond donors (Lipinski definition) is 2. The number of nitrogens with one attached hydrogen (secondary N) is 1. The number of benzene rings is 1. The maximum Gasteiger partial charge on any atom is 0.337 e. The van der Waals surface area contributed by atoms with Gasteiger partial charge in [0.2, 0.25) is 5.91 Å². The third-order valence-corrected chi connectivity index (χ3v) is 2.76. The Kier molecular flexibility index (Phi) is 4.10. The van der Waals surface area contributed by atoms with Crippen molar-refractivity contribution in [2.45, 2.75) is 13.3 Å². The third kappa shape index (κ3) is 3.65. The Bertz CT molecular complexity index is 619. The first kappa shape index (κ1) is 13.7. The lowest BCUT2D eigenvalue weighted by Gasteiger charge is -2.05. The molecule has 1 heterocycles. The number of carbonyl (C=O) groups is 2. The summed E-state index contributed by atoms with van der Waals surface area (Å²) < 4.78 is 0. The van der Waals surface area contributed by atoms with Crippen molar-refractivity contribution >= 4 is 17.7 Å². The van der Waals surface area contributed by atoms with Crippen LogP contribution in [-0.4, -0.2) is 22.0 Å². The molecule has 0 saturated carbocycles. The number of nitrogens with zero attached hydrogens (tertiary/aromatic N) is 1. The molecular weight excluding hydrogens is 256 g/mol. The molecule has 0 fully saturated rings. The molecule has 0 spiro atoms. The van der Waals surface area contributed by atoms with Crippen LogP contribution in [0.4, 0.5) is 5.82 Å². The first-order valence-electron chi connectivity index (χ1n) is 6.09. The zero-order chi connectivity index (χ0) is 14.5. The van der Waals surface area contributed by atoms with E-state index >= 15 is 0 Å². The Hall–Kier alpha value is -2.69. The van der Waals surface area contributed by atoms with Crippen LogP contribution >= 0.6 is 0 Å². The summed E-state index contributed by atoms with van der Waals surface area (Å²) in [7, 11) is 0. The lowest BCUT2D eigenvalue weighted by molar-refractivity contribution is -0.115. The summed E-state index contributed by atoms with van der Waals surface area (Å²) in [4.78, 5) is 26.4. The Morgan fingerprint density at radius 1 is 1.15 bits per heavy atom. The molecular formula is C15H14N2O3. The largest absolute Gasteiger partial charge is 0.478 e. The fraction of sp³-hybridized carbons (Fsp3) is 0.133. The van der Waals surface area contributed by atoms with Gasteiger partial charge in [0.15, 0.2) is 0 Å². The highest BCUT2D eigenvalue weighted by molar-refractivity contribution is 5.92. The van der Waals surface area contributed by atoms with Gasteiger partial charge in [-0.15, -0.1) is 0 Å². The van der Waals surface area contributed by atoms with Gasteiger partial charge in [0.25, 0.3) is 0 Å². The molecule has 0 aliphatic carbocycles. The van der Waals surface area contributed by atoms with Crippen molar-refractivity contribution in [3.05, 3.63) is 59.3 Å². The molecule has 5 heteroatoms. The van der Waals surface area contributed by atoms with Crippen LogP contribution in [0.3, 0.4) is 0 Å². The Morgan fingerprint density at radius 2 is 1.85 bits per heavy atom. The maximum atomic E-state index is 11.8. The van der Waals surface area contributed by atoms with Crippen molar-refractivity contribution in [3.8, 4) is 0 Å². The fourth-order valence-corrected chi connectivity index (χ4v) is 1.67. The Morgan fingerprint density at radius 3 is 2.40 bits per heavy atom. The molecule has 2 rings (SSSR count). The highest BCUT2D eigenvalue weighted by Gasteiger charge is 2.07. The van der Waals surface area contributed by atoms with Crippen LogP contribution in [0.5, 0.6) is 0 Å². The number of pyridine rings is 1. The molecule has 2 aromatic rings. The molecule has 0 atom stereocenters. The molecule has 0 aliphatic rings. The van der Waals surface area contributed by atoms with Gasteiger partial charge in [0.05, 0.1) is 12.0 Å². The SMILES string of the molecule is Cc1ccc(CC(=O)Nc2ccc(C(=O)O)cn2)cc1. The van der Waals surface area contributed by atoms with Crippen molar-refractivity contribution in [2.24, 2.45) is 0 Å². The molecule has 1 aromatic heterocycles. The number of hydrogen-bond acceptors (Lipinski definition) is 3. The van der Waals surface area contributed by atoms with Crippen molar-refractivity contribution in [1.82, 2.24) is 4.98 Å². The van der Waals surface area contributed by atoms with Gasteiger partial charge in [-0.2, -0.15) is 0 Å². The number of carboxylic acids is 1. The molecule has 5 nitrogen and oxygen atoms in total. The first-order valence-corrected chi connectivity index (χ1v) is 6.09. The van der Waals surface area contributed by atoms with Crippen molar-refractivity contribution in [3.63, 3.8) is 0 Å². The minimum absolute atomic E-state index is 0.0848. The summed E-state index contributed by atoms with van der Waals surface area (Å²) in [6.07, 6.45) is 1.46. The van der Waals surface area contributed by atoms with Crippen molar-refractivity contribution in [2.75, 3.05) is 5.32 Å². The predicted octanol–water partition coefficient (Wildman–Crippen LogP) is 2.27. The smallest absolute Gasteiger partial charge is 0.337 e. The van der Waals surface area contributed by atoms with E-state index in [9.17, 15) is 9.59 Å². The summed E-state index contributed by atoms with van der Waals surface area (Å²) in [6.45, 7) is 1.98. The third-order valence-electron chi connectivity index (χ3n) is 2.76. The lowest BCUT2D eigenvalue weighted by atomic mass is 10.1. The van der Waals surface area contributed by atoms with Gasteiger partial charge in [-0.1, -0.05) is 29.8 Å². The molecule has 1 aromatic carbocycles. The number of carboxylic acid groups (broad SMARTS) is 1. The van der Waals surface area contributed by atoms with E-state index in [0.29, 0.717) is 5.82 Å². The predicted molar refractivity (Wildman–Crippen MR) is 74.7 cm³/mol. The molecule has 0 unspecified atom stereocenters. The van der Waals surface area contributed by atoms with E-state index in [4.69, 9.17) is 5.11 Å². The Balaban J connectivity index is 1.97. The number of amides is 1. The van der Waals surface area contributed by atoms with Gasteiger partial charge in [0, 0.05) is 6.20 Å². The van der Waals surface area contributed by atoms with E-state index in [1.165, 1.54) is 18.3 Å². The summed E-state index contributed by atoms with van der Waals surface area (Å²) in [6, 6.07) is 10.6. The summed E-state index contributed by atoms with van der Waals surface area (Å²) in [5.74, 6) is -0.897. The van der Waals surface area contributed by atoms with Gasteiger partial charge >= 0.3 is 5.97 Å². The van der Waals surface area contributed by atoms with Gasteiger partial charge in [-0.25, -0.2) is 9.78 Å². The van der Waals surface area contributed by atoms with Crippen LogP contribution in [0.25, 0.3) is 0 Å². The standard InChI is InChI=1S/C15H14N2O3/c1-10-2-4-11(5-3-10)8-14(18)17-13-7-6-12(9-16-13)15(19)20/h2-7,9H,8H2,1H3,(H,19,20)(H,16,17,18). The Labute approximate surface area is 116 Å². The average Bonchev–Trinajstić information content (AvgIpc) is 2.42. The van der Waals surface area contributed by atoms with Crippen LogP contribution in [0, 0.1) is 6.92 Å². The number of aryl methyl sites for hydroxylation is 1. The van der Waals surface area contributed by atoms with Crippen LogP contribution < -0.4 is 5.32 Å². The second-order valence-electron chi connectivity index (χ2n) is 4.45. The highest BCUT2D eigenvalue weighted by atomic mass is 16.4. The van der Waals surface area contributed by atoms with Crippen LogP contribution in [-0.2, 0) is 11.2 Å². The maximum absolute atomic E-state index is 11.8. The van der Waals surface area contributed by atoms with E-state index in [2.05, 4.69) is 10.3 Å². The van der Waals surface area contributed by atoms with Crippen LogP contribution in [0.1, 0.15) is 21.5 Å². The lowest BCUT2D eigenvalue weighted by Crippen LogP contribution is -2.15. The molecule has 0 aliphatic heterocycles. The molecule has 1 amide bonds. The molecule has 0 bridgehead atoms. The first-order chi connectivity index (χ1) is 9.54. The zero-order valence-corrected chi connectivity index (χ0v) is 11.0. The van der Waals surface area contributed by atoms with Crippen molar-refractivity contribution in [1.29, 1.82) is 0 Å². The summed E-state index contributed by atoms with van der Waals surface area (Å²) in [5, 5.41) is 11.4. The quantitative estimate of drug-likeness (QED) is 0.893. The number of rotatable bonds is 4. The minimum Gasteiger partial charge on any atom is -0.478 e. The topological polar surface area (TPSA) is 79.3 Å². The van der Waals surface area contributed by atoms with E-state index < -0.39 is 5.97 Å². The normalized spacial score (nSPS) is 10.1. The highest BCUT2D eigenvalue weighted by Crippen LogP contribution is 2.08. The average molecular weight is 270 g/mol. The van der Waals surface area contributed by atoms with Gasteiger partial charge < -0.3 is 10.4 Å².